The van der Waals surface area contributed by atoms with Crippen LogP contribution < -0.4 is 0 Å². The van der Waals surface area contributed by atoms with Gasteiger partial charge in [0.2, 0.25) is 0 Å². The molecule has 1 saturated carbocycles. The molecule has 14 heavy (non-hydrogen) atoms. The second-order valence-electron chi connectivity index (χ2n) is 4.71. The number of hydrogen-bond donors (Lipinski definition) is 0. The first-order chi connectivity index (χ1) is 6.83. The molecule has 0 aromatic heterocycles. The molecule has 0 heterocycles. The van der Waals surface area contributed by atoms with Crippen LogP contribution in [-0.2, 0) is 4.79 Å². The van der Waals surface area contributed by atoms with Crippen LogP contribution in [0.15, 0.2) is 11.6 Å². The summed E-state index contributed by atoms with van der Waals surface area (Å²) < 4.78 is 0. The third kappa shape index (κ3) is 1.77. The van der Waals surface area contributed by atoms with E-state index in [1.807, 2.05) is 0 Å². The molecule has 2 atom stereocenters. The lowest BCUT2D eigenvalue weighted by Crippen LogP contribution is -2.11. The van der Waals surface area contributed by atoms with Gasteiger partial charge in [0.25, 0.3) is 0 Å². The first-order valence-electron chi connectivity index (χ1n) is 6.08. The first-order valence-corrected chi connectivity index (χ1v) is 6.08. The van der Waals surface area contributed by atoms with Crippen molar-refractivity contribution in [2.24, 2.45) is 11.8 Å². The van der Waals surface area contributed by atoms with Crippen molar-refractivity contribution in [1.82, 2.24) is 0 Å². The van der Waals surface area contributed by atoms with Gasteiger partial charge in [0.1, 0.15) is 0 Å². The number of Topliss-reactive ketones (excluding diaryl/α,β-unsaturated/α-hetero) is 1. The molecule has 0 spiro atoms. The summed E-state index contributed by atoms with van der Waals surface area (Å²) >= 11 is 0. The molecule has 0 aliphatic heterocycles. The van der Waals surface area contributed by atoms with Crippen LogP contribution in [0.25, 0.3) is 0 Å². The summed E-state index contributed by atoms with van der Waals surface area (Å²) in [6.45, 7) is 2.21. The second kappa shape index (κ2) is 4.29. The van der Waals surface area contributed by atoms with Gasteiger partial charge in [-0.15, -0.1) is 0 Å². The summed E-state index contributed by atoms with van der Waals surface area (Å²) in [6.07, 6.45) is 10.7. The summed E-state index contributed by atoms with van der Waals surface area (Å²) in [6, 6.07) is 0. The van der Waals surface area contributed by atoms with E-state index in [4.69, 9.17) is 0 Å². The topological polar surface area (TPSA) is 17.1 Å². The highest BCUT2D eigenvalue weighted by atomic mass is 16.1. The van der Waals surface area contributed by atoms with E-state index in [2.05, 4.69) is 13.0 Å². The Morgan fingerprint density at radius 3 is 2.93 bits per heavy atom. The van der Waals surface area contributed by atoms with Crippen LogP contribution in [0.1, 0.15) is 51.9 Å². The number of fused-ring (bicyclic) bond motifs is 1. The van der Waals surface area contributed by atoms with E-state index >= 15 is 0 Å². The molecule has 0 aromatic rings. The van der Waals surface area contributed by atoms with Gasteiger partial charge in [-0.25, -0.2) is 0 Å². The quantitative estimate of drug-likeness (QED) is 0.623. The van der Waals surface area contributed by atoms with Crippen molar-refractivity contribution in [3.05, 3.63) is 11.6 Å². The van der Waals surface area contributed by atoms with Crippen LogP contribution in [0.3, 0.4) is 0 Å². The van der Waals surface area contributed by atoms with E-state index < -0.39 is 0 Å². The lowest BCUT2D eigenvalue weighted by atomic mass is 9.97. The van der Waals surface area contributed by atoms with E-state index in [-0.39, 0.29) is 0 Å². The predicted octanol–water partition coefficient (Wildman–Crippen LogP) is 3.49. The number of carbonyl (C=O) groups excluding carboxylic acids is 1. The summed E-state index contributed by atoms with van der Waals surface area (Å²) in [5.74, 6) is 1.51. The smallest absolute Gasteiger partial charge is 0.162 e. The Labute approximate surface area is 86.6 Å². The van der Waals surface area contributed by atoms with Crippen LogP contribution >= 0.6 is 0 Å². The van der Waals surface area contributed by atoms with Gasteiger partial charge in [0, 0.05) is 5.92 Å². The molecule has 2 aliphatic carbocycles. The van der Waals surface area contributed by atoms with E-state index in [1.54, 1.807) is 0 Å². The predicted molar refractivity (Wildman–Crippen MR) is 58.1 cm³/mol. The van der Waals surface area contributed by atoms with Gasteiger partial charge in [-0.2, -0.15) is 0 Å². The molecular formula is C13H20O. The molecule has 0 amide bonds. The molecular weight excluding hydrogens is 172 g/mol. The van der Waals surface area contributed by atoms with Crippen LogP contribution in [0.4, 0.5) is 0 Å². The number of ketones is 1. The molecule has 2 aliphatic rings. The van der Waals surface area contributed by atoms with Crippen molar-refractivity contribution in [2.75, 3.05) is 0 Å². The van der Waals surface area contributed by atoms with E-state index in [0.29, 0.717) is 17.6 Å². The lowest BCUT2D eigenvalue weighted by molar-refractivity contribution is -0.118. The van der Waals surface area contributed by atoms with E-state index in [1.165, 1.54) is 32.1 Å². The van der Waals surface area contributed by atoms with Gasteiger partial charge in [-0.1, -0.05) is 32.3 Å². The van der Waals surface area contributed by atoms with E-state index in [9.17, 15) is 4.79 Å². The maximum atomic E-state index is 11.9. The van der Waals surface area contributed by atoms with Crippen molar-refractivity contribution >= 4 is 5.78 Å². The van der Waals surface area contributed by atoms with Gasteiger partial charge < -0.3 is 0 Å². The average molecular weight is 192 g/mol. The lowest BCUT2D eigenvalue weighted by Gasteiger charge is -2.05. The van der Waals surface area contributed by atoms with Gasteiger partial charge in [-0.3, -0.25) is 4.79 Å². The van der Waals surface area contributed by atoms with Crippen LogP contribution in [0.5, 0.6) is 0 Å². The Morgan fingerprint density at radius 1 is 1.36 bits per heavy atom. The average Bonchev–Trinajstić information content (AvgIpc) is 2.72. The summed E-state index contributed by atoms with van der Waals surface area (Å²) in [5, 5.41) is 0. The normalized spacial score (nSPS) is 30.6. The van der Waals surface area contributed by atoms with Crippen LogP contribution in [-0.4, -0.2) is 5.78 Å². The molecule has 0 N–H and O–H groups in total. The van der Waals surface area contributed by atoms with Gasteiger partial charge in [0.15, 0.2) is 5.78 Å². The SMILES string of the molecule is CCCCCC1=CC2CCCC2C1=O. The number of allylic oxidation sites excluding steroid dienone is 2. The maximum Gasteiger partial charge on any atom is 0.162 e. The van der Waals surface area contributed by atoms with Crippen molar-refractivity contribution in [3.63, 3.8) is 0 Å². The standard InChI is InChI=1S/C13H20O/c1-2-3-4-6-11-9-10-7-5-8-12(10)13(11)14/h9-10,12H,2-8H2,1H3. The summed E-state index contributed by atoms with van der Waals surface area (Å²) in [4.78, 5) is 11.9. The Kier molecular flexibility index (Phi) is 3.05. The Balaban J connectivity index is 1.90. The van der Waals surface area contributed by atoms with Gasteiger partial charge >= 0.3 is 0 Å². The molecule has 0 aromatic carbocycles. The monoisotopic (exact) mass is 192 g/mol. The minimum Gasteiger partial charge on any atom is -0.294 e. The fourth-order valence-corrected chi connectivity index (χ4v) is 2.86. The fourth-order valence-electron chi connectivity index (χ4n) is 2.86. The highest BCUT2D eigenvalue weighted by Crippen LogP contribution is 2.41. The minimum absolute atomic E-state index is 0.395. The molecule has 1 nitrogen and oxygen atoms in total. The van der Waals surface area contributed by atoms with Crippen LogP contribution in [0.2, 0.25) is 0 Å². The molecule has 2 unspecified atom stereocenters. The zero-order chi connectivity index (χ0) is 9.97. The minimum atomic E-state index is 0.395. The highest BCUT2D eigenvalue weighted by molar-refractivity contribution is 6.00. The molecule has 2 rings (SSSR count). The first kappa shape index (κ1) is 9.95. The molecule has 1 heteroatoms. The van der Waals surface area contributed by atoms with E-state index in [0.717, 1.165) is 18.4 Å². The zero-order valence-corrected chi connectivity index (χ0v) is 9.09. The Bertz CT molecular complexity index is 252. The molecule has 1 fully saturated rings. The van der Waals surface area contributed by atoms with Crippen LogP contribution in [0, 0.1) is 11.8 Å². The molecule has 0 bridgehead atoms. The third-order valence-corrected chi connectivity index (χ3v) is 3.69. The van der Waals surface area contributed by atoms with Crippen molar-refractivity contribution in [1.29, 1.82) is 0 Å². The second-order valence-corrected chi connectivity index (χ2v) is 4.71. The van der Waals surface area contributed by atoms with Crippen molar-refractivity contribution in [3.8, 4) is 0 Å². The summed E-state index contributed by atoms with van der Waals surface area (Å²) in [7, 11) is 0. The number of carbonyl (C=O) groups is 1. The maximum absolute atomic E-state index is 11.9. The summed E-state index contributed by atoms with van der Waals surface area (Å²) in [5.41, 5.74) is 1.16. The fraction of sp³-hybridized carbons (Fsp3) is 0.769. The Hall–Kier alpha value is -0.590. The van der Waals surface area contributed by atoms with Gasteiger partial charge in [0.05, 0.1) is 0 Å². The van der Waals surface area contributed by atoms with Gasteiger partial charge in [-0.05, 0) is 37.2 Å². The zero-order valence-electron chi connectivity index (χ0n) is 9.09. The highest BCUT2D eigenvalue weighted by Gasteiger charge is 2.37. The Morgan fingerprint density at radius 2 is 2.21 bits per heavy atom. The molecule has 78 valence electrons. The third-order valence-electron chi connectivity index (χ3n) is 3.69. The van der Waals surface area contributed by atoms with Crippen molar-refractivity contribution < 1.29 is 4.79 Å². The molecule has 0 radical (unpaired) electrons. The number of hydrogen-bond acceptors (Lipinski definition) is 1. The number of unbranched alkanes of at least 4 members (excludes halogenated alkanes) is 2. The largest absolute Gasteiger partial charge is 0.294 e. The van der Waals surface area contributed by atoms with Crippen molar-refractivity contribution in [2.45, 2.75) is 51.9 Å². The number of rotatable bonds is 4. The molecule has 0 saturated heterocycles.